The van der Waals surface area contributed by atoms with Crippen molar-refractivity contribution in [2.24, 2.45) is 5.73 Å². The zero-order chi connectivity index (χ0) is 27.4. The van der Waals surface area contributed by atoms with Gasteiger partial charge in [-0.2, -0.15) is 26.3 Å². The molecule has 1 atom stereocenters. The number of rotatable bonds is 12. The SMILES string of the molecule is CC(N)(CCc1ccc(C(=O)CCCCc2cc(C(F)(F)F)cc(C(F)(F)F)c2)s1)CCP(=O)(O)O. The third-order valence-electron chi connectivity index (χ3n) is 5.62. The number of ketones is 1. The number of halogens is 6. The van der Waals surface area contributed by atoms with Gasteiger partial charge < -0.3 is 15.5 Å². The van der Waals surface area contributed by atoms with E-state index in [9.17, 15) is 35.7 Å². The highest BCUT2D eigenvalue weighted by Crippen LogP contribution is 2.38. The molecule has 0 bridgehead atoms. The topological polar surface area (TPSA) is 101 Å². The molecule has 2 aromatic rings. The van der Waals surface area contributed by atoms with Crippen LogP contribution in [0.3, 0.4) is 0 Å². The number of hydrogen-bond acceptors (Lipinski definition) is 4. The van der Waals surface area contributed by atoms with Crippen LogP contribution >= 0.6 is 18.9 Å². The third kappa shape index (κ3) is 10.3. The van der Waals surface area contributed by atoms with Gasteiger partial charge in [-0.1, -0.05) is 0 Å². The quantitative estimate of drug-likeness (QED) is 0.118. The van der Waals surface area contributed by atoms with E-state index >= 15 is 0 Å². The summed E-state index contributed by atoms with van der Waals surface area (Å²) in [6.07, 6.45) is -8.38. The number of aryl methyl sites for hydroxylation is 2. The molecule has 0 amide bonds. The number of thiophene rings is 1. The first-order valence-electron chi connectivity index (χ1n) is 11.1. The van der Waals surface area contributed by atoms with Gasteiger partial charge in [-0.3, -0.25) is 9.36 Å². The van der Waals surface area contributed by atoms with E-state index in [4.69, 9.17) is 15.5 Å². The summed E-state index contributed by atoms with van der Waals surface area (Å²) in [6.45, 7) is 1.70. The van der Waals surface area contributed by atoms with Gasteiger partial charge in [0.15, 0.2) is 5.78 Å². The minimum Gasteiger partial charge on any atom is -0.325 e. The van der Waals surface area contributed by atoms with Crippen molar-refractivity contribution in [3.8, 4) is 0 Å². The van der Waals surface area contributed by atoms with Crippen molar-refractivity contribution in [2.75, 3.05) is 6.16 Å². The normalized spacial score (nSPS) is 14.6. The van der Waals surface area contributed by atoms with Gasteiger partial charge in [0.05, 0.1) is 22.2 Å². The molecule has 0 aliphatic carbocycles. The van der Waals surface area contributed by atoms with Gasteiger partial charge >= 0.3 is 19.9 Å². The van der Waals surface area contributed by atoms with Crippen LogP contribution in [0.1, 0.15) is 70.3 Å². The summed E-state index contributed by atoms with van der Waals surface area (Å²) < 4.78 is 88.9. The molecule has 2 rings (SSSR count). The van der Waals surface area contributed by atoms with Gasteiger partial charge in [0.2, 0.25) is 0 Å². The van der Waals surface area contributed by atoms with Crippen LogP contribution in [-0.2, 0) is 29.8 Å². The Labute approximate surface area is 208 Å². The number of alkyl halides is 6. The molecule has 36 heavy (non-hydrogen) atoms. The molecule has 1 aromatic heterocycles. The van der Waals surface area contributed by atoms with Gasteiger partial charge in [-0.15, -0.1) is 11.3 Å². The van der Waals surface area contributed by atoms with Crippen LogP contribution in [0.2, 0.25) is 0 Å². The summed E-state index contributed by atoms with van der Waals surface area (Å²) in [6, 6.07) is 4.90. The highest BCUT2D eigenvalue weighted by molar-refractivity contribution is 7.51. The number of benzene rings is 1. The van der Waals surface area contributed by atoms with E-state index in [0.717, 1.165) is 4.88 Å². The van der Waals surface area contributed by atoms with Crippen molar-refractivity contribution < 1.29 is 45.5 Å². The van der Waals surface area contributed by atoms with Crippen LogP contribution in [0.4, 0.5) is 26.3 Å². The second-order valence-electron chi connectivity index (χ2n) is 9.10. The molecule has 0 spiro atoms. The first-order valence-corrected chi connectivity index (χ1v) is 13.7. The average Bonchev–Trinajstić information content (AvgIpc) is 3.21. The molecule has 1 aromatic carbocycles. The first-order chi connectivity index (χ1) is 16.4. The van der Waals surface area contributed by atoms with Crippen molar-refractivity contribution in [1.29, 1.82) is 0 Å². The highest BCUT2D eigenvalue weighted by atomic mass is 32.1. The van der Waals surface area contributed by atoms with Crippen molar-refractivity contribution in [3.05, 3.63) is 56.8 Å². The van der Waals surface area contributed by atoms with Gasteiger partial charge in [0.25, 0.3) is 0 Å². The molecule has 13 heteroatoms. The van der Waals surface area contributed by atoms with Gasteiger partial charge in [-0.05, 0) is 81.3 Å². The molecular weight excluding hydrogens is 531 g/mol. The van der Waals surface area contributed by atoms with Crippen LogP contribution in [0.5, 0.6) is 0 Å². The van der Waals surface area contributed by atoms with E-state index in [-0.39, 0.29) is 49.3 Å². The Morgan fingerprint density at radius 1 is 0.944 bits per heavy atom. The molecule has 0 saturated heterocycles. The molecule has 4 N–H and O–H groups in total. The minimum absolute atomic E-state index is 0.0281. The Balaban J connectivity index is 1.88. The van der Waals surface area contributed by atoms with E-state index < -0.39 is 36.6 Å². The fourth-order valence-electron chi connectivity index (χ4n) is 3.50. The fourth-order valence-corrected chi connectivity index (χ4v) is 5.28. The van der Waals surface area contributed by atoms with Crippen LogP contribution in [-0.4, -0.2) is 27.3 Å². The molecular formula is C23H28F6NO4PS. The third-order valence-corrected chi connectivity index (χ3v) is 7.61. The maximum Gasteiger partial charge on any atom is 0.416 e. The number of carbonyl (C=O) groups excluding carboxylic acids is 1. The van der Waals surface area contributed by atoms with Crippen LogP contribution in [0.15, 0.2) is 30.3 Å². The lowest BCUT2D eigenvalue weighted by atomic mass is 9.94. The summed E-state index contributed by atoms with van der Waals surface area (Å²) in [4.78, 5) is 31.8. The lowest BCUT2D eigenvalue weighted by Gasteiger charge is -2.24. The monoisotopic (exact) mass is 559 g/mol. The average molecular weight is 560 g/mol. The zero-order valence-electron chi connectivity index (χ0n) is 19.5. The standard InChI is InChI=1S/C23H28F6NO4PS/c1-21(30,10-11-35(32,33)34)9-8-18-6-7-20(36-18)19(31)5-3-2-4-15-12-16(22(24,25)26)14-17(13-15)23(27,28)29/h6-7,12-14H,2-5,8-11,30H2,1H3,(H2,32,33,34). The van der Waals surface area contributed by atoms with Crippen LogP contribution in [0, 0.1) is 0 Å². The van der Waals surface area contributed by atoms with E-state index in [1.54, 1.807) is 19.1 Å². The Kier molecular flexibility index (Phi) is 9.97. The molecule has 0 fully saturated rings. The molecule has 0 aliphatic rings. The summed E-state index contributed by atoms with van der Waals surface area (Å²) in [5.41, 5.74) is 2.51. The highest BCUT2D eigenvalue weighted by Gasteiger charge is 2.36. The van der Waals surface area contributed by atoms with Crippen LogP contribution < -0.4 is 5.73 Å². The van der Waals surface area contributed by atoms with Gasteiger partial charge in [-0.25, -0.2) is 0 Å². The fraction of sp³-hybridized carbons (Fsp3) is 0.522. The molecule has 0 aliphatic heterocycles. The maximum atomic E-state index is 13.0. The predicted molar refractivity (Wildman–Crippen MR) is 125 cm³/mol. The molecule has 0 radical (unpaired) electrons. The van der Waals surface area contributed by atoms with Crippen molar-refractivity contribution in [1.82, 2.24) is 0 Å². The van der Waals surface area contributed by atoms with E-state index in [2.05, 4.69) is 0 Å². The van der Waals surface area contributed by atoms with Gasteiger partial charge in [0.1, 0.15) is 0 Å². The smallest absolute Gasteiger partial charge is 0.325 e. The van der Waals surface area contributed by atoms with Crippen LogP contribution in [0.25, 0.3) is 0 Å². The lowest BCUT2D eigenvalue weighted by molar-refractivity contribution is -0.143. The molecule has 202 valence electrons. The summed E-state index contributed by atoms with van der Waals surface area (Å²) in [5, 5.41) is 0. The number of nitrogens with two attached hydrogens (primary N) is 1. The van der Waals surface area contributed by atoms with Crippen molar-refractivity contribution in [3.63, 3.8) is 0 Å². The number of hydrogen-bond donors (Lipinski definition) is 3. The van der Waals surface area contributed by atoms with Crippen molar-refractivity contribution >= 4 is 24.7 Å². The molecule has 1 unspecified atom stereocenters. The van der Waals surface area contributed by atoms with E-state index in [1.807, 2.05) is 0 Å². The summed E-state index contributed by atoms with van der Waals surface area (Å²) in [7, 11) is -4.14. The van der Waals surface area contributed by atoms with Gasteiger partial charge in [0, 0.05) is 16.8 Å². The largest absolute Gasteiger partial charge is 0.416 e. The Morgan fingerprint density at radius 2 is 1.53 bits per heavy atom. The Hall–Kier alpha value is -1.72. The van der Waals surface area contributed by atoms with E-state index in [1.165, 1.54) is 11.3 Å². The zero-order valence-corrected chi connectivity index (χ0v) is 21.2. The molecule has 1 heterocycles. The number of Topliss-reactive ketones (excluding diaryl/α,β-unsaturated/α-hetero) is 1. The molecule has 5 nitrogen and oxygen atoms in total. The van der Waals surface area contributed by atoms with E-state index in [0.29, 0.717) is 36.3 Å². The number of unbranched alkanes of at least 4 members (excludes halogenated alkanes) is 1. The minimum atomic E-state index is -4.90. The second-order valence-corrected chi connectivity index (χ2v) is 12.0. The summed E-state index contributed by atoms with van der Waals surface area (Å²) >= 11 is 1.26. The lowest BCUT2D eigenvalue weighted by Crippen LogP contribution is -2.37. The number of carbonyl (C=O) groups is 1. The predicted octanol–water partition coefficient (Wildman–Crippen LogP) is 6.60. The molecule has 0 saturated carbocycles. The summed E-state index contributed by atoms with van der Waals surface area (Å²) in [5.74, 6) is -0.178. The first kappa shape index (κ1) is 30.5. The second kappa shape index (κ2) is 11.8. The van der Waals surface area contributed by atoms with Crippen molar-refractivity contribution in [2.45, 2.75) is 69.8 Å². The Morgan fingerprint density at radius 3 is 2.06 bits per heavy atom. The maximum absolute atomic E-state index is 13.0. The Bertz CT molecular complexity index is 1060.